The van der Waals surface area contributed by atoms with Crippen LogP contribution >= 0.6 is 0 Å². The summed E-state index contributed by atoms with van der Waals surface area (Å²) >= 11 is 0. The number of ether oxygens (including phenoxy) is 1. The predicted octanol–water partition coefficient (Wildman–Crippen LogP) is 1.61. The molecule has 4 heteroatoms. The van der Waals surface area contributed by atoms with Crippen molar-refractivity contribution in [3.05, 3.63) is 30.5 Å². The van der Waals surface area contributed by atoms with Crippen molar-refractivity contribution in [2.24, 2.45) is 5.73 Å². The SMILES string of the molecule is COc1ccc2ncc(NCCN)cc2c1. The van der Waals surface area contributed by atoms with E-state index in [2.05, 4.69) is 10.3 Å². The zero-order valence-corrected chi connectivity index (χ0v) is 9.23. The minimum atomic E-state index is 0.607. The van der Waals surface area contributed by atoms with E-state index in [1.807, 2.05) is 30.5 Å². The molecule has 1 heterocycles. The van der Waals surface area contributed by atoms with E-state index < -0.39 is 0 Å². The van der Waals surface area contributed by atoms with E-state index in [4.69, 9.17) is 10.5 Å². The van der Waals surface area contributed by atoms with Gasteiger partial charge in [0.2, 0.25) is 0 Å². The number of anilines is 1. The van der Waals surface area contributed by atoms with Crippen molar-refractivity contribution in [3.8, 4) is 5.75 Å². The Bertz CT molecular complexity index is 485. The number of aromatic nitrogens is 1. The third kappa shape index (κ3) is 2.23. The molecule has 0 bridgehead atoms. The maximum absolute atomic E-state index is 5.43. The molecule has 0 saturated carbocycles. The Morgan fingerprint density at radius 2 is 2.25 bits per heavy atom. The number of nitrogens with zero attached hydrogens (tertiary/aromatic N) is 1. The van der Waals surface area contributed by atoms with Gasteiger partial charge in [0.1, 0.15) is 5.75 Å². The quantitative estimate of drug-likeness (QED) is 0.817. The molecule has 0 amide bonds. The summed E-state index contributed by atoms with van der Waals surface area (Å²) in [5.74, 6) is 0.838. The summed E-state index contributed by atoms with van der Waals surface area (Å²) in [6.07, 6.45) is 1.81. The van der Waals surface area contributed by atoms with Gasteiger partial charge in [0, 0.05) is 18.5 Å². The average molecular weight is 217 g/mol. The van der Waals surface area contributed by atoms with Crippen LogP contribution in [0.25, 0.3) is 10.9 Å². The van der Waals surface area contributed by atoms with E-state index in [0.717, 1.165) is 28.9 Å². The van der Waals surface area contributed by atoms with Crippen molar-refractivity contribution in [1.29, 1.82) is 0 Å². The highest BCUT2D eigenvalue weighted by Crippen LogP contribution is 2.21. The van der Waals surface area contributed by atoms with Crippen LogP contribution in [0, 0.1) is 0 Å². The molecular formula is C12H15N3O. The first-order valence-corrected chi connectivity index (χ1v) is 5.21. The van der Waals surface area contributed by atoms with Crippen molar-refractivity contribution < 1.29 is 4.74 Å². The molecule has 84 valence electrons. The molecule has 0 aliphatic carbocycles. The maximum Gasteiger partial charge on any atom is 0.119 e. The molecule has 2 aromatic rings. The fraction of sp³-hybridized carbons (Fsp3) is 0.250. The standard InChI is InChI=1S/C12H15N3O/c1-16-11-2-3-12-9(7-11)6-10(8-15-12)14-5-4-13/h2-3,6-8,14H,4-5,13H2,1H3. The Hall–Kier alpha value is -1.81. The molecule has 0 radical (unpaired) electrons. The zero-order chi connectivity index (χ0) is 11.4. The molecule has 0 fully saturated rings. The van der Waals surface area contributed by atoms with Crippen LogP contribution < -0.4 is 15.8 Å². The molecule has 3 N–H and O–H groups in total. The summed E-state index contributed by atoms with van der Waals surface area (Å²) in [4.78, 5) is 4.35. The number of hydrogen-bond donors (Lipinski definition) is 2. The van der Waals surface area contributed by atoms with Crippen LogP contribution in [0.3, 0.4) is 0 Å². The summed E-state index contributed by atoms with van der Waals surface area (Å²) in [5.41, 5.74) is 7.37. The second-order valence-electron chi connectivity index (χ2n) is 3.50. The Labute approximate surface area is 94.4 Å². The zero-order valence-electron chi connectivity index (χ0n) is 9.23. The molecule has 4 nitrogen and oxygen atoms in total. The first-order valence-electron chi connectivity index (χ1n) is 5.21. The van der Waals surface area contributed by atoms with Crippen LogP contribution in [0.4, 0.5) is 5.69 Å². The minimum Gasteiger partial charge on any atom is -0.497 e. The second kappa shape index (κ2) is 4.81. The number of nitrogens with two attached hydrogens (primary N) is 1. The molecule has 1 aromatic heterocycles. The molecule has 0 atom stereocenters. The first-order chi connectivity index (χ1) is 7.83. The van der Waals surface area contributed by atoms with E-state index in [1.54, 1.807) is 7.11 Å². The molecule has 0 saturated heterocycles. The fourth-order valence-electron chi connectivity index (χ4n) is 1.55. The lowest BCUT2D eigenvalue weighted by atomic mass is 10.2. The highest BCUT2D eigenvalue weighted by molar-refractivity contribution is 5.82. The topological polar surface area (TPSA) is 60.2 Å². The van der Waals surface area contributed by atoms with Gasteiger partial charge in [-0.2, -0.15) is 0 Å². The second-order valence-corrected chi connectivity index (χ2v) is 3.50. The maximum atomic E-state index is 5.43. The van der Waals surface area contributed by atoms with Crippen LogP contribution in [-0.4, -0.2) is 25.2 Å². The van der Waals surface area contributed by atoms with E-state index in [1.165, 1.54) is 0 Å². The monoisotopic (exact) mass is 217 g/mol. The molecule has 0 unspecified atom stereocenters. The number of rotatable bonds is 4. The van der Waals surface area contributed by atoms with Crippen molar-refractivity contribution in [2.45, 2.75) is 0 Å². The Morgan fingerprint density at radius 3 is 3.00 bits per heavy atom. The van der Waals surface area contributed by atoms with Crippen LogP contribution in [0.2, 0.25) is 0 Å². The van der Waals surface area contributed by atoms with Gasteiger partial charge >= 0.3 is 0 Å². The summed E-state index contributed by atoms with van der Waals surface area (Å²) in [5, 5.41) is 4.25. The van der Waals surface area contributed by atoms with E-state index in [0.29, 0.717) is 6.54 Å². The normalized spacial score (nSPS) is 10.4. The average Bonchev–Trinajstić information content (AvgIpc) is 2.35. The van der Waals surface area contributed by atoms with Crippen LogP contribution in [0.15, 0.2) is 30.5 Å². The van der Waals surface area contributed by atoms with E-state index in [-0.39, 0.29) is 0 Å². The molecule has 0 aliphatic heterocycles. The van der Waals surface area contributed by atoms with Crippen LogP contribution in [0.5, 0.6) is 5.75 Å². The number of fused-ring (bicyclic) bond motifs is 1. The molecule has 0 aliphatic rings. The molecule has 16 heavy (non-hydrogen) atoms. The van der Waals surface area contributed by atoms with Gasteiger partial charge in [-0.1, -0.05) is 0 Å². The third-order valence-electron chi connectivity index (χ3n) is 2.36. The summed E-state index contributed by atoms with van der Waals surface area (Å²) in [6, 6.07) is 7.86. The van der Waals surface area contributed by atoms with Gasteiger partial charge in [0.05, 0.1) is 24.5 Å². The van der Waals surface area contributed by atoms with Gasteiger partial charge in [-0.15, -0.1) is 0 Å². The molecule has 0 spiro atoms. The van der Waals surface area contributed by atoms with Crippen LogP contribution in [-0.2, 0) is 0 Å². The smallest absolute Gasteiger partial charge is 0.119 e. The summed E-state index contributed by atoms with van der Waals surface area (Å²) < 4.78 is 5.18. The minimum absolute atomic E-state index is 0.607. The molecule has 2 rings (SSSR count). The number of hydrogen-bond acceptors (Lipinski definition) is 4. The fourth-order valence-corrected chi connectivity index (χ4v) is 1.55. The molecular weight excluding hydrogens is 202 g/mol. The van der Waals surface area contributed by atoms with Crippen molar-refractivity contribution >= 4 is 16.6 Å². The largest absolute Gasteiger partial charge is 0.497 e. The first kappa shape index (κ1) is 10.7. The van der Waals surface area contributed by atoms with Crippen LogP contribution in [0.1, 0.15) is 0 Å². The Balaban J connectivity index is 2.35. The van der Waals surface area contributed by atoms with Crippen molar-refractivity contribution in [1.82, 2.24) is 4.98 Å². The van der Waals surface area contributed by atoms with Gasteiger partial charge in [0.25, 0.3) is 0 Å². The van der Waals surface area contributed by atoms with Crippen molar-refractivity contribution in [3.63, 3.8) is 0 Å². The summed E-state index contributed by atoms with van der Waals surface area (Å²) in [7, 11) is 1.66. The highest BCUT2D eigenvalue weighted by atomic mass is 16.5. The number of methoxy groups -OCH3 is 1. The lowest BCUT2D eigenvalue weighted by Gasteiger charge is -2.06. The van der Waals surface area contributed by atoms with E-state index in [9.17, 15) is 0 Å². The van der Waals surface area contributed by atoms with Crippen molar-refractivity contribution in [2.75, 3.05) is 25.5 Å². The highest BCUT2D eigenvalue weighted by Gasteiger charge is 1.99. The van der Waals surface area contributed by atoms with Gasteiger partial charge in [-0.3, -0.25) is 4.98 Å². The lowest BCUT2D eigenvalue weighted by molar-refractivity contribution is 0.415. The number of benzene rings is 1. The predicted molar refractivity (Wildman–Crippen MR) is 65.8 cm³/mol. The lowest BCUT2D eigenvalue weighted by Crippen LogP contribution is -2.13. The van der Waals surface area contributed by atoms with E-state index >= 15 is 0 Å². The van der Waals surface area contributed by atoms with Gasteiger partial charge in [-0.25, -0.2) is 0 Å². The summed E-state index contributed by atoms with van der Waals surface area (Å²) in [6.45, 7) is 1.35. The number of pyridine rings is 1. The van der Waals surface area contributed by atoms with Gasteiger partial charge < -0.3 is 15.8 Å². The van der Waals surface area contributed by atoms with Gasteiger partial charge in [-0.05, 0) is 24.3 Å². The Kier molecular flexibility index (Phi) is 3.22. The number of nitrogens with one attached hydrogen (secondary N) is 1. The van der Waals surface area contributed by atoms with Gasteiger partial charge in [0.15, 0.2) is 0 Å². The third-order valence-corrected chi connectivity index (χ3v) is 2.36. The Morgan fingerprint density at radius 1 is 1.38 bits per heavy atom. The molecule has 1 aromatic carbocycles.